The largest absolute Gasteiger partial charge is 0.491 e. The molecule has 0 saturated carbocycles. The summed E-state index contributed by atoms with van der Waals surface area (Å²) in [6, 6.07) is 2.64. The molecule has 1 aromatic rings. The Morgan fingerprint density at radius 1 is 1.21 bits per heavy atom. The van der Waals surface area contributed by atoms with Gasteiger partial charge in [0.25, 0.3) is 5.91 Å². The average molecular weight is 301 g/mol. The van der Waals surface area contributed by atoms with Crippen LogP contribution in [0.4, 0.5) is 4.79 Å². The smallest absolute Gasteiger partial charge is 0.326 e. The first kappa shape index (κ1) is 13.7. The number of rotatable bonds is 3. The Morgan fingerprint density at radius 3 is 2.32 bits per heavy atom. The molecule has 0 aromatic heterocycles. The molecular weight excluding hydrogens is 291 g/mol. The number of ether oxygens (including phenoxy) is 1. The lowest BCUT2D eigenvalue weighted by atomic mass is 10.2. The Hall–Kier alpha value is -1.72. The molecule has 0 spiro atoms. The number of hydrogen-bond donors (Lipinski definition) is 2. The molecule has 0 atom stereocenters. The molecule has 1 heterocycles. The lowest BCUT2D eigenvalue weighted by Crippen LogP contribution is -2.22. The van der Waals surface area contributed by atoms with Crippen molar-refractivity contribution in [3.63, 3.8) is 0 Å². The van der Waals surface area contributed by atoms with Gasteiger partial charge in [0.05, 0.1) is 16.7 Å². The minimum absolute atomic E-state index is 0.140. The molecule has 0 aliphatic carbocycles. The third-order valence-corrected chi connectivity index (χ3v) is 2.90. The lowest BCUT2D eigenvalue weighted by Gasteiger charge is -2.09. The van der Waals surface area contributed by atoms with Crippen molar-refractivity contribution in [3.05, 3.63) is 33.4 Å². The van der Waals surface area contributed by atoms with E-state index >= 15 is 0 Å². The normalized spacial score (nSPS) is 16.5. The van der Waals surface area contributed by atoms with Gasteiger partial charge in [-0.2, -0.15) is 0 Å². The summed E-state index contributed by atoms with van der Waals surface area (Å²) in [7, 11) is 0. The van der Waals surface area contributed by atoms with E-state index in [2.05, 4.69) is 10.6 Å². The van der Waals surface area contributed by atoms with Crippen LogP contribution in [0.5, 0.6) is 5.75 Å². The van der Waals surface area contributed by atoms with Gasteiger partial charge >= 0.3 is 6.03 Å². The molecule has 0 radical (unpaired) electrons. The molecule has 5 nitrogen and oxygen atoms in total. The van der Waals surface area contributed by atoms with E-state index < -0.39 is 11.9 Å². The Morgan fingerprint density at radius 2 is 1.84 bits per heavy atom. The van der Waals surface area contributed by atoms with Crippen LogP contribution in [0, 0.1) is 0 Å². The van der Waals surface area contributed by atoms with Gasteiger partial charge in [-0.1, -0.05) is 23.2 Å². The number of halogens is 2. The zero-order chi connectivity index (χ0) is 14.0. The summed E-state index contributed by atoms with van der Waals surface area (Å²) in [5.41, 5.74) is 0.729. The van der Waals surface area contributed by atoms with Gasteiger partial charge in [0.1, 0.15) is 5.70 Å². The van der Waals surface area contributed by atoms with Gasteiger partial charge in [0, 0.05) is 0 Å². The van der Waals surface area contributed by atoms with Gasteiger partial charge in [-0.15, -0.1) is 0 Å². The van der Waals surface area contributed by atoms with Crippen LogP contribution in [0.2, 0.25) is 10.0 Å². The van der Waals surface area contributed by atoms with Crippen molar-refractivity contribution in [1.29, 1.82) is 0 Å². The predicted octanol–water partition coefficient (Wildman–Crippen LogP) is 2.57. The van der Waals surface area contributed by atoms with E-state index in [0.29, 0.717) is 28.0 Å². The standard InChI is InChI=1S/C12H10Cl2N2O3/c1-2-19-10-7(13)3-6(4-8(10)14)5-9-11(17)16-12(18)15-9/h3-5H,2H2,1H3,(H2,15,16,17,18). The first-order valence-electron chi connectivity index (χ1n) is 5.47. The fourth-order valence-corrected chi connectivity index (χ4v) is 2.21. The maximum absolute atomic E-state index is 11.4. The van der Waals surface area contributed by atoms with E-state index in [1.165, 1.54) is 6.08 Å². The van der Waals surface area contributed by atoms with Gasteiger partial charge in [-0.3, -0.25) is 10.1 Å². The van der Waals surface area contributed by atoms with Crippen molar-refractivity contribution in [3.8, 4) is 5.75 Å². The highest BCUT2D eigenvalue weighted by molar-refractivity contribution is 6.37. The number of hydrogen-bond acceptors (Lipinski definition) is 3. The first-order valence-corrected chi connectivity index (χ1v) is 6.22. The maximum atomic E-state index is 11.4. The molecule has 100 valence electrons. The lowest BCUT2D eigenvalue weighted by molar-refractivity contribution is -0.115. The number of benzene rings is 1. The van der Waals surface area contributed by atoms with Crippen molar-refractivity contribution in [2.75, 3.05) is 6.61 Å². The van der Waals surface area contributed by atoms with E-state index in [1.54, 1.807) is 12.1 Å². The van der Waals surface area contributed by atoms with E-state index in [0.717, 1.165) is 0 Å². The number of carbonyl (C=O) groups excluding carboxylic acids is 2. The molecule has 19 heavy (non-hydrogen) atoms. The van der Waals surface area contributed by atoms with Gasteiger partial charge in [0.15, 0.2) is 5.75 Å². The minimum atomic E-state index is -0.556. The summed E-state index contributed by atoms with van der Waals surface area (Å²) in [6.45, 7) is 2.26. The van der Waals surface area contributed by atoms with Crippen LogP contribution in [-0.2, 0) is 4.79 Å². The SMILES string of the molecule is CCOc1c(Cl)cc(C=C2NC(=O)NC2=O)cc1Cl. The van der Waals surface area contributed by atoms with Gasteiger partial charge in [0.2, 0.25) is 0 Å². The van der Waals surface area contributed by atoms with Crippen LogP contribution in [0.3, 0.4) is 0 Å². The van der Waals surface area contributed by atoms with Gasteiger partial charge < -0.3 is 10.1 Å². The van der Waals surface area contributed by atoms with Crippen molar-refractivity contribution < 1.29 is 14.3 Å². The summed E-state index contributed by atoms with van der Waals surface area (Å²) < 4.78 is 5.30. The molecule has 0 unspecified atom stereocenters. The number of amides is 3. The Bertz CT molecular complexity index is 561. The van der Waals surface area contributed by atoms with Crippen LogP contribution < -0.4 is 15.4 Å². The van der Waals surface area contributed by atoms with Crippen molar-refractivity contribution in [2.45, 2.75) is 6.92 Å². The molecule has 1 aliphatic rings. The fraction of sp³-hybridized carbons (Fsp3) is 0.167. The summed E-state index contributed by atoms with van der Waals surface area (Å²) in [4.78, 5) is 22.3. The van der Waals surface area contributed by atoms with Gasteiger partial charge in [-0.05, 0) is 30.7 Å². The molecule has 1 fully saturated rings. The molecule has 1 saturated heterocycles. The molecule has 3 amide bonds. The monoisotopic (exact) mass is 300 g/mol. The molecule has 1 aliphatic heterocycles. The zero-order valence-electron chi connectivity index (χ0n) is 9.92. The number of imide groups is 1. The minimum Gasteiger partial charge on any atom is -0.491 e. The summed E-state index contributed by atoms with van der Waals surface area (Å²) in [5, 5.41) is 5.15. The van der Waals surface area contributed by atoms with E-state index in [-0.39, 0.29) is 5.70 Å². The van der Waals surface area contributed by atoms with Crippen LogP contribution >= 0.6 is 23.2 Å². The molecule has 1 aromatic carbocycles. The Labute approximate surface area is 119 Å². The summed E-state index contributed by atoms with van der Waals surface area (Å²) >= 11 is 12.1. The molecule has 2 rings (SSSR count). The highest BCUT2D eigenvalue weighted by atomic mass is 35.5. The molecule has 0 bridgehead atoms. The molecule has 7 heteroatoms. The maximum Gasteiger partial charge on any atom is 0.326 e. The third kappa shape index (κ3) is 3.00. The summed E-state index contributed by atoms with van der Waals surface area (Å²) in [6.07, 6.45) is 1.48. The first-order chi connectivity index (χ1) is 9.01. The second kappa shape index (κ2) is 5.50. The zero-order valence-corrected chi connectivity index (χ0v) is 11.4. The van der Waals surface area contributed by atoms with Gasteiger partial charge in [-0.25, -0.2) is 4.79 Å². The highest BCUT2D eigenvalue weighted by Crippen LogP contribution is 2.34. The quantitative estimate of drug-likeness (QED) is 0.666. The van der Waals surface area contributed by atoms with Crippen LogP contribution in [0.15, 0.2) is 17.8 Å². The third-order valence-electron chi connectivity index (χ3n) is 2.34. The number of carbonyl (C=O) groups is 2. The van der Waals surface area contributed by atoms with E-state index in [1.807, 2.05) is 6.92 Å². The van der Waals surface area contributed by atoms with Crippen LogP contribution in [0.25, 0.3) is 6.08 Å². The topological polar surface area (TPSA) is 67.4 Å². The predicted molar refractivity (Wildman–Crippen MR) is 72.3 cm³/mol. The molecular formula is C12H10Cl2N2O3. The van der Waals surface area contributed by atoms with E-state index in [9.17, 15) is 9.59 Å². The van der Waals surface area contributed by atoms with Crippen molar-refractivity contribution >= 4 is 41.2 Å². The fourth-order valence-electron chi connectivity index (χ4n) is 1.59. The Kier molecular flexibility index (Phi) is 3.97. The Balaban J connectivity index is 2.35. The second-order valence-corrected chi connectivity index (χ2v) is 4.53. The van der Waals surface area contributed by atoms with Crippen LogP contribution in [0.1, 0.15) is 12.5 Å². The van der Waals surface area contributed by atoms with Crippen molar-refractivity contribution in [1.82, 2.24) is 10.6 Å². The summed E-state index contributed by atoms with van der Waals surface area (Å²) in [5.74, 6) is -0.0981. The molecule has 2 N–H and O–H groups in total. The number of urea groups is 1. The average Bonchev–Trinajstić information content (AvgIpc) is 2.62. The van der Waals surface area contributed by atoms with Crippen molar-refractivity contribution in [2.24, 2.45) is 0 Å². The number of nitrogens with one attached hydrogen (secondary N) is 2. The second-order valence-electron chi connectivity index (χ2n) is 3.71. The van der Waals surface area contributed by atoms with Crippen LogP contribution in [-0.4, -0.2) is 18.5 Å². The van der Waals surface area contributed by atoms with E-state index in [4.69, 9.17) is 27.9 Å². The highest BCUT2D eigenvalue weighted by Gasteiger charge is 2.23.